The lowest BCUT2D eigenvalue weighted by Gasteiger charge is -2.20. The van der Waals surface area contributed by atoms with Gasteiger partial charge in [-0.2, -0.15) is 0 Å². The Bertz CT molecular complexity index is 663. The molecule has 0 saturated heterocycles. The van der Waals surface area contributed by atoms with E-state index in [0.717, 1.165) is 24.2 Å². The van der Waals surface area contributed by atoms with E-state index >= 15 is 0 Å². The van der Waals surface area contributed by atoms with Gasteiger partial charge in [-0.15, -0.1) is 0 Å². The van der Waals surface area contributed by atoms with Crippen LogP contribution < -0.4 is 10.1 Å². The number of nitrogens with one attached hydrogen (secondary N) is 1. The zero-order valence-electron chi connectivity index (χ0n) is 11.7. The summed E-state index contributed by atoms with van der Waals surface area (Å²) in [7, 11) is 1.65. The van der Waals surface area contributed by atoms with Crippen LogP contribution in [0.4, 0.5) is 0 Å². The average molecular weight is 302 g/mol. The first-order chi connectivity index (χ1) is 10.1. The molecule has 0 unspecified atom stereocenters. The van der Waals surface area contributed by atoms with Gasteiger partial charge in [0.1, 0.15) is 5.75 Å². The molecule has 1 aliphatic carbocycles. The summed E-state index contributed by atoms with van der Waals surface area (Å²) in [6.45, 7) is 0. The molecule has 0 bridgehead atoms. The third-order valence-corrected chi connectivity index (χ3v) is 4.08. The molecule has 0 aliphatic heterocycles. The molecule has 1 fully saturated rings. The molecule has 0 atom stereocenters. The number of hydrogen-bond acceptors (Lipinski definition) is 2. The van der Waals surface area contributed by atoms with Gasteiger partial charge in [-0.05, 0) is 43.2 Å². The highest BCUT2D eigenvalue weighted by Crippen LogP contribution is 2.48. The van der Waals surface area contributed by atoms with Gasteiger partial charge in [-0.3, -0.25) is 4.79 Å². The summed E-state index contributed by atoms with van der Waals surface area (Å²) in [6, 6.07) is 14.7. The highest BCUT2D eigenvalue weighted by molar-refractivity contribution is 6.30. The number of ether oxygens (including phenoxy) is 1. The van der Waals surface area contributed by atoms with Crippen LogP contribution in [0.25, 0.3) is 0 Å². The van der Waals surface area contributed by atoms with Crippen molar-refractivity contribution in [1.82, 2.24) is 5.32 Å². The van der Waals surface area contributed by atoms with Crippen molar-refractivity contribution in [3.8, 4) is 5.75 Å². The molecular formula is C17H16ClNO2. The van der Waals surface area contributed by atoms with Crippen molar-refractivity contribution in [3.05, 3.63) is 64.7 Å². The third kappa shape index (κ3) is 2.74. The summed E-state index contributed by atoms with van der Waals surface area (Å²) in [5.74, 6) is 0.724. The normalized spacial score (nSPS) is 15.3. The zero-order valence-corrected chi connectivity index (χ0v) is 12.5. The summed E-state index contributed by atoms with van der Waals surface area (Å²) >= 11 is 5.85. The fourth-order valence-electron chi connectivity index (χ4n) is 2.52. The Kier molecular flexibility index (Phi) is 3.60. The van der Waals surface area contributed by atoms with Crippen molar-refractivity contribution in [2.75, 3.05) is 7.11 Å². The number of para-hydroxylation sites is 1. The van der Waals surface area contributed by atoms with E-state index in [9.17, 15) is 4.79 Å². The molecule has 108 valence electrons. The number of carbonyl (C=O) groups excluding carboxylic acids is 1. The number of halogens is 1. The van der Waals surface area contributed by atoms with Gasteiger partial charge >= 0.3 is 0 Å². The molecule has 1 saturated carbocycles. The second-order valence-corrected chi connectivity index (χ2v) is 5.68. The number of amides is 1. The van der Waals surface area contributed by atoms with E-state index in [1.165, 1.54) is 0 Å². The molecule has 2 aromatic carbocycles. The smallest absolute Gasteiger partial charge is 0.251 e. The van der Waals surface area contributed by atoms with E-state index in [2.05, 4.69) is 5.32 Å². The predicted octanol–water partition coefficient (Wildman–Crippen LogP) is 3.77. The monoisotopic (exact) mass is 301 g/mol. The lowest BCUT2D eigenvalue weighted by molar-refractivity contribution is 0.0930. The van der Waals surface area contributed by atoms with Crippen LogP contribution in [0.1, 0.15) is 28.8 Å². The summed E-state index contributed by atoms with van der Waals surface area (Å²) in [4.78, 5) is 12.4. The largest absolute Gasteiger partial charge is 0.496 e. The number of methoxy groups -OCH3 is 1. The Morgan fingerprint density at radius 1 is 1.14 bits per heavy atom. The van der Waals surface area contributed by atoms with E-state index in [1.807, 2.05) is 24.3 Å². The van der Waals surface area contributed by atoms with E-state index in [0.29, 0.717) is 10.6 Å². The first-order valence-corrected chi connectivity index (χ1v) is 7.24. The molecule has 2 aromatic rings. The van der Waals surface area contributed by atoms with Crippen molar-refractivity contribution in [3.63, 3.8) is 0 Å². The van der Waals surface area contributed by atoms with Crippen LogP contribution in [0.15, 0.2) is 48.5 Å². The van der Waals surface area contributed by atoms with Crippen molar-refractivity contribution in [2.45, 2.75) is 18.4 Å². The topological polar surface area (TPSA) is 38.3 Å². The van der Waals surface area contributed by atoms with Crippen LogP contribution in [0.2, 0.25) is 5.02 Å². The molecule has 1 N–H and O–H groups in total. The molecule has 0 radical (unpaired) electrons. The molecule has 21 heavy (non-hydrogen) atoms. The van der Waals surface area contributed by atoms with Crippen molar-refractivity contribution < 1.29 is 9.53 Å². The van der Waals surface area contributed by atoms with E-state index < -0.39 is 0 Å². The molecule has 4 heteroatoms. The van der Waals surface area contributed by atoms with Crippen LogP contribution in [-0.2, 0) is 5.54 Å². The minimum Gasteiger partial charge on any atom is -0.496 e. The van der Waals surface area contributed by atoms with Crippen LogP contribution in [-0.4, -0.2) is 13.0 Å². The summed E-state index contributed by atoms with van der Waals surface area (Å²) in [6.07, 6.45) is 1.85. The van der Waals surface area contributed by atoms with Gasteiger partial charge in [0, 0.05) is 16.1 Å². The fraction of sp³-hybridized carbons (Fsp3) is 0.235. The maximum absolute atomic E-state index is 12.4. The number of benzene rings is 2. The van der Waals surface area contributed by atoms with Gasteiger partial charge in [-0.25, -0.2) is 0 Å². The van der Waals surface area contributed by atoms with Gasteiger partial charge in [0.2, 0.25) is 0 Å². The standard InChI is InChI=1S/C17H16ClNO2/c1-21-15-5-3-2-4-14(15)17(10-11-17)19-16(20)12-6-8-13(18)9-7-12/h2-9H,10-11H2,1H3,(H,19,20). The molecule has 1 amide bonds. The van der Waals surface area contributed by atoms with Crippen LogP contribution in [0.5, 0.6) is 5.75 Å². The second-order valence-electron chi connectivity index (χ2n) is 5.24. The molecule has 3 nitrogen and oxygen atoms in total. The Morgan fingerprint density at radius 2 is 1.81 bits per heavy atom. The van der Waals surface area contributed by atoms with Crippen molar-refractivity contribution in [2.24, 2.45) is 0 Å². The van der Waals surface area contributed by atoms with Gasteiger partial charge in [0.25, 0.3) is 5.91 Å². The maximum Gasteiger partial charge on any atom is 0.251 e. The molecular weight excluding hydrogens is 286 g/mol. The second kappa shape index (κ2) is 5.41. The average Bonchev–Trinajstić information content (AvgIpc) is 3.28. The van der Waals surface area contributed by atoms with Crippen LogP contribution >= 0.6 is 11.6 Å². The Balaban J connectivity index is 1.83. The number of carbonyl (C=O) groups is 1. The van der Waals surface area contributed by atoms with Crippen molar-refractivity contribution in [1.29, 1.82) is 0 Å². The Morgan fingerprint density at radius 3 is 2.43 bits per heavy atom. The zero-order chi connectivity index (χ0) is 14.9. The quantitative estimate of drug-likeness (QED) is 0.933. The third-order valence-electron chi connectivity index (χ3n) is 3.83. The molecule has 3 rings (SSSR count). The van der Waals surface area contributed by atoms with Gasteiger partial charge < -0.3 is 10.1 Å². The molecule has 0 spiro atoms. The Hall–Kier alpha value is -2.00. The minimum absolute atomic E-state index is 0.0879. The predicted molar refractivity (Wildman–Crippen MR) is 82.8 cm³/mol. The summed E-state index contributed by atoms with van der Waals surface area (Å²) < 4.78 is 5.41. The van der Waals surface area contributed by atoms with Gasteiger partial charge in [-0.1, -0.05) is 29.8 Å². The number of rotatable bonds is 4. The SMILES string of the molecule is COc1ccccc1C1(NC(=O)c2ccc(Cl)cc2)CC1. The summed E-state index contributed by atoms with van der Waals surface area (Å²) in [5.41, 5.74) is 1.35. The van der Waals surface area contributed by atoms with Gasteiger partial charge in [0.05, 0.1) is 12.6 Å². The minimum atomic E-state index is -0.302. The highest BCUT2D eigenvalue weighted by atomic mass is 35.5. The molecule has 0 aromatic heterocycles. The van der Waals surface area contributed by atoms with Crippen molar-refractivity contribution >= 4 is 17.5 Å². The van der Waals surface area contributed by atoms with Gasteiger partial charge in [0.15, 0.2) is 0 Å². The lowest BCUT2D eigenvalue weighted by atomic mass is 10.0. The molecule has 1 aliphatic rings. The van der Waals surface area contributed by atoms with Crippen LogP contribution in [0, 0.1) is 0 Å². The van der Waals surface area contributed by atoms with E-state index in [4.69, 9.17) is 16.3 Å². The van der Waals surface area contributed by atoms with Crippen LogP contribution in [0.3, 0.4) is 0 Å². The van der Waals surface area contributed by atoms with E-state index in [-0.39, 0.29) is 11.4 Å². The number of hydrogen-bond donors (Lipinski definition) is 1. The molecule has 0 heterocycles. The highest BCUT2D eigenvalue weighted by Gasteiger charge is 2.47. The first kappa shape index (κ1) is 14.0. The fourth-order valence-corrected chi connectivity index (χ4v) is 2.64. The first-order valence-electron chi connectivity index (χ1n) is 6.86. The van der Waals surface area contributed by atoms with E-state index in [1.54, 1.807) is 31.4 Å². The summed E-state index contributed by atoms with van der Waals surface area (Å²) in [5, 5.41) is 3.75. The Labute approximate surface area is 128 Å². The maximum atomic E-state index is 12.4. The lowest BCUT2D eigenvalue weighted by Crippen LogP contribution is -2.35.